The average Bonchev–Trinajstić information content (AvgIpc) is 3.30. The maximum Gasteiger partial charge on any atom is 0.246 e. The SMILES string of the molecule is COc1cc(F)c(S(=O)(=O)N(C2CC2)C2CCS(=O)(=O)C2)cc1OC. The molecule has 0 radical (unpaired) electrons. The molecule has 7 nitrogen and oxygen atoms in total. The first-order valence-electron chi connectivity index (χ1n) is 7.85. The zero-order valence-electron chi connectivity index (χ0n) is 13.9. The Hall–Kier alpha value is -1.39. The quantitative estimate of drug-likeness (QED) is 0.721. The number of sulfone groups is 1. The van der Waals surface area contributed by atoms with Crippen molar-refractivity contribution in [2.45, 2.75) is 36.2 Å². The lowest BCUT2D eigenvalue weighted by atomic mass is 10.2. The summed E-state index contributed by atoms with van der Waals surface area (Å²) in [6.07, 6.45) is 1.52. The predicted molar refractivity (Wildman–Crippen MR) is 88.6 cm³/mol. The summed E-state index contributed by atoms with van der Waals surface area (Å²) in [5.41, 5.74) is 0. The molecule has 1 aliphatic heterocycles. The summed E-state index contributed by atoms with van der Waals surface area (Å²) in [4.78, 5) is -0.527. The van der Waals surface area contributed by atoms with Crippen LogP contribution in [-0.4, -0.2) is 58.9 Å². The van der Waals surface area contributed by atoms with E-state index in [0.717, 1.165) is 12.1 Å². The van der Waals surface area contributed by atoms with Crippen molar-refractivity contribution in [2.24, 2.45) is 0 Å². The average molecular weight is 393 g/mol. The van der Waals surface area contributed by atoms with Crippen LogP contribution in [-0.2, 0) is 19.9 Å². The van der Waals surface area contributed by atoms with E-state index in [0.29, 0.717) is 12.8 Å². The van der Waals surface area contributed by atoms with E-state index in [2.05, 4.69) is 0 Å². The summed E-state index contributed by atoms with van der Waals surface area (Å²) >= 11 is 0. The molecular formula is C15H20FNO6S2. The summed E-state index contributed by atoms with van der Waals surface area (Å²) in [6, 6.07) is 1.11. The zero-order valence-corrected chi connectivity index (χ0v) is 15.6. The van der Waals surface area contributed by atoms with Crippen LogP contribution in [0.3, 0.4) is 0 Å². The Morgan fingerprint density at radius 3 is 2.16 bits per heavy atom. The van der Waals surface area contributed by atoms with Gasteiger partial charge >= 0.3 is 0 Å². The van der Waals surface area contributed by atoms with Crippen LogP contribution in [0, 0.1) is 5.82 Å². The molecule has 25 heavy (non-hydrogen) atoms. The fourth-order valence-corrected chi connectivity index (χ4v) is 6.91. The second-order valence-corrected chi connectivity index (χ2v) is 10.3. The molecule has 140 valence electrons. The van der Waals surface area contributed by atoms with Crippen molar-refractivity contribution >= 4 is 19.9 Å². The molecule has 2 fully saturated rings. The van der Waals surface area contributed by atoms with E-state index >= 15 is 0 Å². The smallest absolute Gasteiger partial charge is 0.246 e. The van der Waals surface area contributed by atoms with Gasteiger partial charge in [0.25, 0.3) is 0 Å². The molecule has 1 saturated carbocycles. The topological polar surface area (TPSA) is 90.0 Å². The Balaban J connectivity index is 2.05. The standard InChI is InChI=1S/C15H20FNO6S2/c1-22-13-7-12(16)15(8-14(13)23-2)25(20,21)17(10-3-4-10)11-5-6-24(18,19)9-11/h7-8,10-11H,3-6,9H2,1-2H3. The van der Waals surface area contributed by atoms with Gasteiger partial charge in [0.2, 0.25) is 10.0 Å². The Bertz CT molecular complexity index is 880. The maximum absolute atomic E-state index is 14.5. The molecule has 3 rings (SSSR count). The van der Waals surface area contributed by atoms with E-state index < -0.39 is 36.6 Å². The predicted octanol–water partition coefficient (Wildman–Crippen LogP) is 1.18. The number of sulfonamides is 1. The summed E-state index contributed by atoms with van der Waals surface area (Å²) in [5, 5.41) is 0. The number of hydrogen-bond donors (Lipinski definition) is 0. The zero-order chi connectivity index (χ0) is 18.4. The third-order valence-corrected chi connectivity index (χ3v) is 8.24. The third-order valence-electron chi connectivity index (χ3n) is 4.47. The molecular weight excluding hydrogens is 373 g/mol. The molecule has 0 N–H and O–H groups in total. The van der Waals surface area contributed by atoms with Gasteiger partial charge in [0, 0.05) is 24.2 Å². The van der Waals surface area contributed by atoms with Crippen molar-refractivity contribution < 1.29 is 30.7 Å². The highest BCUT2D eigenvalue weighted by Crippen LogP contribution is 2.39. The van der Waals surface area contributed by atoms with E-state index in [9.17, 15) is 21.2 Å². The van der Waals surface area contributed by atoms with Crippen molar-refractivity contribution in [3.8, 4) is 11.5 Å². The van der Waals surface area contributed by atoms with Gasteiger partial charge in [-0.15, -0.1) is 0 Å². The molecule has 1 atom stereocenters. The Morgan fingerprint density at radius 2 is 1.68 bits per heavy atom. The molecule has 0 spiro atoms. The number of halogens is 1. The molecule has 10 heteroatoms. The maximum atomic E-state index is 14.5. The minimum absolute atomic E-state index is 0.0508. The molecule has 1 aromatic carbocycles. The molecule has 0 aromatic heterocycles. The highest BCUT2D eigenvalue weighted by atomic mass is 32.2. The number of hydrogen-bond acceptors (Lipinski definition) is 6. The molecule has 0 amide bonds. The van der Waals surface area contributed by atoms with Crippen LogP contribution in [0.15, 0.2) is 17.0 Å². The van der Waals surface area contributed by atoms with E-state index in [1.54, 1.807) is 0 Å². The Morgan fingerprint density at radius 1 is 1.08 bits per heavy atom. The second-order valence-electron chi connectivity index (χ2n) is 6.26. The van der Waals surface area contributed by atoms with E-state index in [1.165, 1.54) is 18.5 Å². The van der Waals surface area contributed by atoms with Crippen LogP contribution in [0.5, 0.6) is 11.5 Å². The number of methoxy groups -OCH3 is 2. The highest BCUT2D eigenvalue weighted by Gasteiger charge is 2.47. The van der Waals surface area contributed by atoms with Gasteiger partial charge in [-0.05, 0) is 19.3 Å². The van der Waals surface area contributed by atoms with E-state index in [-0.39, 0.29) is 35.5 Å². The fraction of sp³-hybridized carbons (Fsp3) is 0.600. The van der Waals surface area contributed by atoms with E-state index in [4.69, 9.17) is 9.47 Å². The first-order chi connectivity index (χ1) is 11.7. The van der Waals surface area contributed by atoms with Gasteiger partial charge < -0.3 is 9.47 Å². The number of benzene rings is 1. The lowest BCUT2D eigenvalue weighted by molar-refractivity contribution is 0.328. The molecule has 1 aliphatic carbocycles. The van der Waals surface area contributed by atoms with Gasteiger partial charge in [-0.3, -0.25) is 0 Å². The van der Waals surface area contributed by atoms with Gasteiger partial charge in [-0.25, -0.2) is 21.2 Å². The molecule has 1 saturated heterocycles. The number of ether oxygens (including phenoxy) is 2. The largest absolute Gasteiger partial charge is 0.493 e. The van der Waals surface area contributed by atoms with Crippen LogP contribution >= 0.6 is 0 Å². The van der Waals surface area contributed by atoms with Gasteiger partial charge in [-0.1, -0.05) is 0 Å². The van der Waals surface area contributed by atoms with Gasteiger partial charge in [0.15, 0.2) is 21.3 Å². The molecule has 1 unspecified atom stereocenters. The van der Waals surface area contributed by atoms with Crippen molar-refractivity contribution in [1.82, 2.24) is 4.31 Å². The Labute approximate surface area is 146 Å². The first-order valence-corrected chi connectivity index (χ1v) is 11.1. The lowest BCUT2D eigenvalue weighted by Crippen LogP contribution is -2.43. The van der Waals surface area contributed by atoms with Crippen molar-refractivity contribution in [3.63, 3.8) is 0 Å². The van der Waals surface area contributed by atoms with Crippen LogP contribution in [0.1, 0.15) is 19.3 Å². The van der Waals surface area contributed by atoms with Crippen molar-refractivity contribution in [1.29, 1.82) is 0 Å². The minimum Gasteiger partial charge on any atom is -0.493 e. The second kappa shape index (κ2) is 6.40. The third kappa shape index (κ3) is 3.47. The summed E-state index contributed by atoms with van der Waals surface area (Å²) < 4.78 is 75.4. The van der Waals surface area contributed by atoms with Crippen molar-refractivity contribution in [3.05, 3.63) is 17.9 Å². The van der Waals surface area contributed by atoms with Crippen LogP contribution in [0.4, 0.5) is 4.39 Å². The van der Waals surface area contributed by atoms with E-state index in [1.807, 2.05) is 0 Å². The number of nitrogens with zero attached hydrogens (tertiary/aromatic N) is 1. The van der Waals surface area contributed by atoms with Gasteiger partial charge in [-0.2, -0.15) is 4.31 Å². The Kier molecular flexibility index (Phi) is 4.71. The molecule has 0 bridgehead atoms. The van der Waals surface area contributed by atoms with Crippen LogP contribution in [0.2, 0.25) is 0 Å². The molecule has 1 aromatic rings. The molecule has 1 heterocycles. The summed E-state index contributed by atoms with van der Waals surface area (Å²) in [6.45, 7) is 0. The lowest BCUT2D eigenvalue weighted by Gasteiger charge is -2.27. The summed E-state index contributed by atoms with van der Waals surface area (Å²) in [7, 11) is -4.82. The van der Waals surface area contributed by atoms with Gasteiger partial charge in [0.1, 0.15) is 10.7 Å². The van der Waals surface area contributed by atoms with Crippen LogP contribution in [0.25, 0.3) is 0 Å². The van der Waals surface area contributed by atoms with Crippen molar-refractivity contribution in [2.75, 3.05) is 25.7 Å². The number of rotatable bonds is 6. The normalized spacial score (nSPS) is 23.0. The minimum atomic E-state index is -4.20. The fourth-order valence-electron chi connectivity index (χ4n) is 3.14. The van der Waals surface area contributed by atoms with Gasteiger partial charge in [0.05, 0.1) is 25.7 Å². The highest BCUT2D eigenvalue weighted by molar-refractivity contribution is 7.92. The first kappa shape index (κ1) is 18.4. The monoisotopic (exact) mass is 393 g/mol. The molecule has 2 aliphatic rings. The summed E-state index contributed by atoms with van der Waals surface area (Å²) in [5.74, 6) is -1.05. The van der Waals surface area contributed by atoms with Crippen LogP contribution < -0.4 is 9.47 Å².